The molecule has 0 unspecified atom stereocenters. The predicted octanol–water partition coefficient (Wildman–Crippen LogP) is 2.46. The summed E-state index contributed by atoms with van der Waals surface area (Å²) in [6.07, 6.45) is -0.239. The third kappa shape index (κ3) is 4.81. The molecule has 0 spiro atoms. The molecular formula is C23H26FN5O3S. The fourth-order valence-electron chi connectivity index (χ4n) is 4.00. The van der Waals surface area contributed by atoms with Gasteiger partial charge < -0.3 is 10.4 Å². The number of halogens is 1. The van der Waals surface area contributed by atoms with E-state index in [0.29, 0.717) is 25.5 Å². The standard InChI is InChI=1S/C23H26FN5O3S/c1-14-26-17(13-33-14)12-28-8-9-29-21(32)20(31)18(27-22(29)23(28,2)3)10-19(30)25-11-15-4-6-16(24)7-5-15/h4-7,13,31H,8-12H2,1-3H3,(H,25,30). The molecule has 4 rings (SSSR count). The van der Waals surface area contributed by atoms with Crippen LogP contribution in [-0.4, -0.2) is 37.0 Å². The SMILES string of the molecule is Cc1nc(CN2CCn3c(nc(CC(=O)NCc4ccc(F)cc4)c(O)c3=O)C2(C)C)cs1. The van der Waals surface area contributed by atoms with Crippen LogP contribution >= 0.6 is 11.3 Å². The van der Waals surface area contributed by atoms with Gasteiger partial charge in [0, 0.05) is 31.6 Å². The minimum atomic E-state index is -0.609. The van der Waals surface area contributed by atoms with E-state index in [1.807, 2.05) is 26.2 Å². The van der Waals surface area contributed by atoms with Gasteiger partial charge in [0.1, 0.15) is 11.6 Å². The maximum absolute atomic E-state index is 13.0. The van der Waals surface area contributed by atoms with E-state index in [9.17, 15) is 19.1 Å². The summed E-state index contributed by atoms with van der Waals surface area (Å²) >= 11 is 1.59. The third-order valence-corrected chi connectivity index (χ3v) is 6.72. The zero-order chi connectivity index (χ0) is 23.8. The Bertz CT molecular complexity index is 1240. The van der Waals surface area contributed by atoms with Crippen molar-refractivity contribution in [1.82, 2.24) is 24.8 Å². The highest BCUT2D eigenvalue weighted by Crippen LogP contribution is 2.32. The molecule has 174 valence electrons. The smallest absolute Gasteiger partial charge is 0.296 e. The average molecular weight is 472 g/mol. The number of aromatic hydroxyl groups is 1. The molecule has 0 radical (unpaired) electrons. The van der Waals surface area contributed by atoms with Crippen LogP contribution in [0.5, 0.6) is 5.75 Å². The summed E-state index contributed by atoms with van der Waals surface area (Å²) in [6, 6.07) is 5.80. The van der Waals surface area contributed by atoms with Gasteiger partial charge in [-0.2, -0.15) is 0 Å². The summed E-state index contributed by atoms with van der Waals surface area (Å²) in [5, 5.41) is 16.2. The second-order valence-corrected chi connectivity index (χ2v) is 9.67. The lowest BCUT2D eigenvalue weighted by molar-refractivity contribution is -0.120. The van der Waals surface area contributed by atoms with Crippen LogP contribution in [0.3, 0.4) is 0 Å². The van der Waals surface area contributed by atoms with Crippen LogP contribution in [-0.2, 0) is 36.4 Å². The van der Waals surface area contributed by atoms with Gasteiger partial charge in [-0.1, -0.05) is 12.1 Å². The van der Waals surface area contributed by atoms with Crippen molar-refractivity contribution in [2.75, 3.05) is 6.54 Å². The van der Waals surface area contributed by atoms with Crippen LogP contribution in [0.2, 0.25) is 0 Å². The fraction of sp³-hybridized carbons (Fsp3) is 0.391. The van der Waals surface area contributed by atoms with Gasteiger partial charge in [-0.3, -0.25) is 19.1 Å². The Kier molecular flexibility index (Phi) is 6.31. The van der Waals surface area contributed by atoms with E-state index in [-0.39, 0.29) is 24.5 Å². The molecule has 8 nitrogen and oxygen atoms in total. The Morgan fingerprint density at radius 1 is 1.24 bits per heavy atom. The normalized spacial score (nSPS) is 15.3. The van der Waals surface area contributed by atoms with Crippen LogP contribution in [0.15, 0.2) is 34.4 Å². The van der Waals surface area contributed by atoms with Crippen molar-refractivity contribution in [1.29, 1.82) is 0 Å². The lowest BCUT2D eigenvalue weighted by Gasteiger charge is -2.43. The fourth-order valence-corrected chi connectivity index (χ4v) is 4.60. The van der Waals surface area contributed by atoms with Crippen molar-refractivity contribution < 1.29 is 14.3 Å². The number of nitrogens with one attached hydrogen (secondary N) is 1. The predicted molar refractivity (Wildman–Crippen MR) is 122 cm³/mol. The number of hydrogen-bond donors (Lipinski definition) is 2. The molecule has 2 aromatic heterocycles. The van der Waals surface area contributed by atoms with Crippen molar-refractivity contribution in [2.45, 2.75) is 52.4 Å². The van der Waals surface area contributed by atoms with E-state index < -0.39 is 22.8 Å². The number of benzene rings is 1. The van der Waals surface area contributed by atoms with Crippen LogP contribution in [0.1, 0.15) is 41.6 Å². The van der Waals surface area contributed by atoms with Gasteiger partial charge in [0.05, 0.1) is 28.4 Å². The van der Waals surface area contributed by atoms with Crippen molar-refractivity contribution >= 4 is 17.2 Å². The zero-order valence-corrected chi connectivity index (χ0v) is 19.6. The summed E-state index contributed by atoms with van der Waals surface area (Å²) in [4.78, 5) is 36.7. The molecule has 0 atom stereocenters. The molecule has 0 bridgehead atoms. The number of aryl methyl sites for hydroxylation is 1. The molecule has 10 heteroatoms. The number of aromatic nitrogens is 3. The quantitative estimate of drug-likeness (QED) is 0.573. The van der Waals surface area contributed by atoms with E-state index in [0.717, 1.165) is 16.3 Å². The number of amides is 1. The molecule has 0 aliphatic carbocycles. The molecule has 1 aromatic carbocycles. The Balaban J connectivity index is 1.54. The first-order chi connectivity index (χ1) is 15.6. The summed E-state index contributed by atoms with van der Waals surface area (Å²) in [7, 11) is 0. The number of rotatable bonds is 6. The molecular weight excluding hydrogens is 445 g/mol. The summed E-state index contributed by atoms with van der Waals surface area (Å²) in [5.74, 6) is -0.745. The highest BCUT2D eigenvalue weighted by molar-refractivity contribution is 7.09. The Hall–Kier alpha value is -3.11. The first-order valence-corrected chi connectivity index (χ1v) is 11.5. The average Bonchev–Trinajstić information content (AvgIpc) is 3.18. The minimum absolute atomic E-state index is 0.0438. The monoisotopic (exact) mass is 471 g/mol. The van der Waals surface area contributed by atoms with Crippen LogP contribution in [0, 0.1) is 12.7 Å². The van der Waals surface area contributed by atoms with E-state index in [1.54, 1.807) is 23.5 Å². The summed E-state index contributed by atoms with van der Waals surface area (Å²) in [6.45, 7) is 7.71. The Morgan fingerprint density at radius 2 is 1.97 bits per heavy atom. The highest BCUT2D eigenvalue weighted by Gasteiger charge is 2.38. The van der Waals surface area contributed by atoms with Gasteiger partial charge in [0.25, 0.3) is 5.56 Å². The van der Waals surface area contributed by atoms with Crippen LogP contribution < -0.4 is 10.9 Å². The topological polar surface area (TPSA) is 100 Å². The zero-order valence-electron chi connectivity index (χ0n) is 18.8. The van der Waals surface area contributed by atoms with Gasteiger partial charge in [0.2, 0.25) is 11.7 Å². The van der Waals surface area contributed by atoms with Gasteiger partial charge in [-0.15, -0.1) is 11.3 Å². The highest BCUT2D eigenvalue weighted by atomic mass is 32.1. The maximum Gasteiger partial charge on any atom is 0.296 e. The lowest BCUT2D eigenvalue weighted by Crippen LogP contribution is -2.52. The molecule has 33 heavy (non-hydrogen) atoms. The number of thiazole rings is 1. The number of nitrogens with zero attached hydrogens (tertiary/aromatic N) is 4. The molecule has 3 heterocycles. The molecule has 1 amide bonds. The molecule has 1 aliphatic heterocycles. The molecule has 0 fully saturated rings. The first kappa shape index (κ1) is 23.1. The first-order valence-electron chi connectivity index (χ1n) is 10.7. The number of fused-ring (bicyclic) bond motifs is 1. The molecule has 2 N–H and O–H groups in total. The van der Waals surface area contributed by atoms with Crippen molar-refractivity contribution in [3.63, 3.8) is 0 Å². The number of carbonyl (C=O) groups excluding carboxylic acids is 1. The van der Waals surface area contributed by atoms with E-state index in [4.69, 9.17) is 0 Å². The van der Waals surface area contributed by atoms with E-state index >= 15 is 0 Å². The van der Waals surface area contributed by atoms with Gasteiger partial charge >= 0.3 is 0 Å². The second kappa shape index (κ2) is 9.03. The molecule has 3 aromatic rings. The third-order valence-electron chi connectivity index (χ3n) is 5.90. The van der Waals surface area contributed by atoms with Gasteiger partial charge in [-0.25, -0.2) is 14.4 Å². The van der Waals surface area contributed by atoms with Crippen molar-refractivity contribution in [2.24, 2.45) is 0 Å². The second-order valence-electron chi connectivity index (χ2n) is 8.61. The van der Waals surface area contributed by atoms with Crippen LogP contribution in [0.4, 0.5) is 4.39 Å². The van der Waals surface area contributed by atoms with E-state index in [2.05, 4.69) is 20.2 Å². The summed E-state index contributed by atoms with van der Waals surface area (Å²) < 4.78 is 14.5. The van der Waals surface area contributed by atoms with Gasteiger partial charge in [-0.05, 0) is 38.5 Å². The molecule has 0 saturated heterocycles. The van der Waals surface area contributed by atoms with Crippen LogP contribution in [0.25, 0.3) is 0 Å². The minimum Gasteiger partial charge on any atom is -0.502 e. The maximum atomic E-state index is 13.0. The van der Waals surface area contributed by atoms with E-state index in [1.165, 1.54) is 16.7 Å². The Labute approximate surface area is 194 Å². The number of hydrogen-bond acceptors (Lipinski definition) is 7. The lowest BCUT2D eigenvalue weighted by atomic mass is 9.97. The number of carbonyl (C=O) groups is 1. The van der Waals surface area contributed by atoms with Crippen molar-refractivity contribution in [3.05, 3.63) is 73.6 Å². The van der Waals surface area contributed by atoms with Gasteiger partial charge in [0.15, 0.2) is 0 Å². The molecule has 0 saturated carbocycles. The summed E-state index contributed by atoms with van der Waals surface area (Å²) in [5.41, 5.74) is 0.588. The molecule has 1 aliphatic rings. The Morgan fingerprint density at radius 3 is 2.64 bits per heavy atom. The largest absolute Gasteiger partial charge is 0.502 e. The van der Waals surface area contributed by atoms with Crippen molar-refractivity contribution in [3.8, 4) is 5.75 Å².